The van der Waals surface area contributed by atoms with Crippen molar-refractivity contribution in [3.8, 4) is 0 Å². The van der Waals surface area contributed by atoms with E-state index in [1.807, 2.05) is 38.1 Å². The van der Waals surface area contributed by atoms with Crippen LogP contribution in [0.25, 0.3) is 0 Å². The van der Waals surface area contributed by atoms with Crippen LogP contribution in [-0.2, 0) is 16.2 Å². The van der Waals surface area contributed by atoms with E-state index in [1.165, 1.54) is 5.56 Å². The summed E-state index contributed by atoms with van der Waals surface area (Å²) in [5.74, 6) is 0.272. The molecule has 0 heterocycles. The summed E-state index contributed by atoms with van der Waals surface area (Å²) < 4.78 is 12.2. The molecule has 0 aliphatic heterocycles. The maximum absolute atomic E-state index is 12.2. The number of hydrogen-bond donors (Lipinski definition) is 2. The molecule has 3 nitrogen and oxygen atoms in total. The van der Waals surface area contributed by atoms with Crippen LogP contribution in [0.4, 0.5) is 0 Å². The Hall–Kier alpha value is -0.710. The molecule has 4 heteroatoms. The Morgan fingerprint density at radius 2 is 1.75 bits per heavy atom. The molecule has 0 fully saturated rings. The van der Waals surface area contributed by atoms with Crippen LogP contribution < -0.4 is 5.32 Å². The second kappa shape index (κ2) is 7.34. The lowest BCUT2D eigenvalue weighted by molar-refractivity contribution is 0.191. The molecule has 2 unspecified atom stereocenters. The second-order valence-corrected chi connectivity index (χ2v) is 8.00. The highest BCUT2D eigenvalue weighted by atomic mass is 32.2. The van der Waals surface area contributed by atoms with Gasteiger partial charge in [0.05, 0.1) is 22.7 Å². The molecule has 0 amide bonds. The number of aliphatic hydroxyl groups excluding tert-OH is 1. The summed E-state index contributed by atoms with van der Waals surface area (Å²) in [7, 11) is -1.15. The van der Waals surface area contributed by atoms with E-state index in [4.69, 9.17) is 0 Å². The Morgan fingerprint density at radius 3 is 2.20 bits per heavy atom. The van der Waals surface area contributed by atoms with E-state index in [1.54, 1.807) is 0 Å². The Labute approximate surface area is 125 Å². The third kappa shape index (κ3) is 5.73. The van der Waals surface area contributed by atoms with Crippen LogP contribution in [0.2, 0.25) is 0 Å². The Balaban J connectivity index is 2.60. The van der Waals surface area contributed by atoms with E-state index in [2.05, 4.69) is 26.1 Å². The highest BCUT2D eigenvalue weighted by Crippen LogP contribution is 2.23. The van der Waals surface area contributed by atoms with Crippen LogP contribution >= 0.6 is 0 Å². The predicted octanol–water partition coefficient (Wildman–Crippen LogP) is 2.45. The summed E-state index contributed by atoms with van der Waals surface area (Å²) in [6.45, 7) is 11.0. The largest absolute Gasteiger partial charge is 0.391 e. The van der Waals surface area contributed by atoms with E-state index < -0.39 is 16.9 Å². The van der Waals surface area contributed by atoms with Crippen molar-refractivity contribution in [3.63, 3.8) is 0 Å². The first-order chi connectivity index (χ1) is 9.20. The zero-order valence-corrected chi connectivity index (χ0v) is 14.0. The molecular weight excluding hydrogens is 270 g/mol. The maximum atomic E-state index is 12.2. The Bertz CT molecular complexity index is 435. The van der Waals surface area contributed by atoms with Gasteiger partial charge in [0.1, 0.15) is 0 Å². The maximum Gasteiger partial charge on any atom is 0.0783 e. The fourth-order valence-electron chi connectivity index (χ4n) is 1.81. The summed E-state index contributed by atoms with van der Waals surface area (Å²) in [5, 5.41) is 13.0. The van der Waals surface area contributed by atoms with Crippen LogP contribution in [0, 0.1) is 0 Å². The molecule has 0 aromatic heterocycles. The normalized spacial score (nSPS) is 15.3. The van der Waals surface area contributed by atoms with E-state index >= 15 is 0 Å². The van der Waals surface area contributed by atoms with Crippen LogP contribution in [0.15, 0.2) is 29.2 Å². The van der Waals surface area contributed by atoms with E-state index in [-0.39, 0.29) is 11.2 Å². The fourth-order valence-corrected chi connectivity index (χ4v) is 2.91. The number of aliphatic hydroxyl groups is 1. The lowest BCUT2D eigenvalue weighted by Gasteiger charge is -2.19. The first kappa shape index (κ1) is 17.3. The van der Waals surface area contributed by atoms with Gasteiger partial charge in [-0.25, -0.2) is 0 Å². The Morgan fingerprint density at radius 1 is 1.20 bits per heavy atom. The molecule has 1 aromatic rings. The van der Waals surface area contributed by atoms with Gasteiger partial charge in [-0.2, -0.15) is 0 Å². The van der Waals surface area contributed by atoms with Gasteiger partial charge in [-0.3, -0.25) is 4.21 Å². The van der Waals surface area contributed by atoms with Gasteiger partial charge >= 0.3 is 0 Å². The van der Waals surface area contributed by atoms with Gasteiger partial charge in [0.15, 0.2) is 0 Å². The molecule has 114 valence electrons. The SMILES string of the molecule is CC(C)NCC(O)CS(=O)c1ccc(C(C)(C)C)cc1. The minimum atomic E-state index is -1.15. The molecule has 0 spiro atoms. The highest BCUT2D eigenvalue weighted by molar-refractivity contribution is 7.85. The smallest absolute Gasteiger partial charge is 0.0783 e. The van der Waals surface area contributed by atoms with Crippen molar-refractivity contribution in [2.45, 2.75) is 57.1 Å². The minimum Gasteiger partial charge on any atom is -0.391 e. The van der Waals surface area contributed by atoms with E-state index in [9.17, 15) is 9.32 Å². The van der Waals surface area contributed by atoms with Gasteiger partial charge in [0.25, 0.3) is 0 Å². The van der Waals surface area contributed by atoms with Crippen molar-refractivity contribution in [1.29, 1.82) is 0 Å². The van der Waals surface area contributed by atoms with Crippen LogP contribution in [0.3, 0.4) is 0 Å². The number of nitrogens with one attached hydrogen (secondary N) is 1. The lowest BCUT2D eigenvalue weighted by Crippen LogP contribution is -2.34. The standard InChI is InChI=1S/C16H27NO2S/c1-12(2)17-10-14(18)11-20(19)15-8-6-13(7-9-15)16(3,4)5/h6-9,12,14,17-18H,10-11H2,1-5H3. The van der Waals surface area contributed by atoms with Crippen molar-refractivity contribution in [2.24, 2.45) is 0 Å². The average Bonchev–Trinajstić information content (AvgIpc) is 2.35. The van der Waals surface area contributed by atoms with E-state index in [0.717, 1.165) is 4.90 Å². The molecule has 0 aliphatic carbocycles. The van der Waals surface area contributed by atoms with Crippen LogP contribution in [-0.4, -0.2) is 33.8 Å². The second-order valence-electron chi connectivity index (χ2n) is 6.50. The van der Waals surface area contributed by atoms with Crippen LogP contribution in [0.5, 0.6) is 0 Å². The average molecular weight is 297 g/mol. The molecule has 2 N–H and O–H groups in total. The molecule has 20 heavy (non-hydrogen) atoms. The van der Waals surface area contributed by atoms with Crippen molar-refractivity contribution in [3.05, 3.63) is 29.8 Å². The number of hydrogen-bond acceptors (Lipinski definition) is 3. The summed E-state index contributed by atoms with van der Waals surface area (Å²) in [4.78, 5) is 0.779. The molecule has 0 bridgehead atoms. The summed E-state index contributed by atoms with van der Waals surface area (Å²) in [5.41, 5.74) is 1.32. The molecule has 0 aliphatic rings. The van der Waals surface area contributed by atoms with Gasteiger partial charge < -0.3 is 10.4 Å². The third-order valence-corrected chi connectivity index (χ3v) is 4.57. The summed E-state index contributed by atoms with van der Waals surface area (Å²) in [6, 6.07) is 8.17. The number of rotatable bonds is 6. The van der Waals surface area contributed by atoms with Gasteiger partial charge in [-0.1, -0.05) is 46.8 Å². The molecule has 2 atom stereocenters. The number of benzene rings is 1. The molecule has 0 saturated carbocycles. The quantitative estimate of drug-likeness (QED) is 0.848. The minimum absolute atomic E-state index is 0.0979. The summed E-state index contributed by atoms with van der Waals surface area (Å²) >= 11 is 0. The van der Waals surface area contributed by atoms with Crippen molar-refractivity contribution in [1.82, 2.24) is 5.32 Å². The monoisotopic (exact) mass is 297 g/mol. The zero-order valence-electron chi connectivity index (χ0n) is 13.1. The van der Waals surface area contributed by atoms with Crippen molar-refractivity contribution >= 4 is 10.8 Å². The van der Waals surface area contributed by atoms with Gasteiger partial charge in [-0.05, 0) is 23.1 Å². The molecule has 1 aromatic carbocycles. The van der Waals surface area contributed by atoms with Gasteiger partial charge in [0, 0.05) is 17.5 Å². The third-order valence-electron chi connectivity index (χ3n) is 3.09. The van der Waals surface area contributed by atoms with Gasteiger partial charge in [0.2, 0.25) is 0 Å². The molecular formula is C16H27NO2S. The zero-order chi connectivity index (χ0) is 15.3. The molecule has 0 radical (unpaired) electrons. The summed E-state index contributed by atoms with van der Waals surface area (Å²) in [6.07, 6.45) is -0.583. The molecule has 1 rings (SSSR count). The Kier molecular flexibility index (Phi) is 6.37. The highest BCUT2D eigenvalue weighted by Gasteiger charge is 2.15. The van der Waals surface area contributed by atoms with E-state index in [0.29, 0.717) is 12.6 Å². The molecule has 0 saturated heterocycles. The van der Waals surface area contributed by atoms with Crippen LogP contribution in [0.1, 0.15) is 40.2 Å². The van der Waals surface area contributed by atoms with Gasteiger partial charge in [-0.15, -0.1) is 0 Å². The fraction of sp³-hybridized carbons (Fsp3) is 0.625. The first-order valence-corrected chi connectivity index (χ1v) is 8.42. The first-order valence-electron chi connectivity index (χ1n) is 7.10. The predicted molar refractivity (Wildman–Crippen MR) is 85.6 cm³/mol. The van der Waals surface area contributed by atoms with Crippen molar-refractivity contribution in [2.75, 3.05) is 12.3 Å². The topological polar surface area (TPSA) is 49.3 Å². The lowest BCUT2D eigenvalue weighted by atomic mass is 9.87. The van der Waals surface area contributed by atoms with Crippen molar-refractivity contribution < 1.29 is 9.32 Å².